The van der Waals surface area contributed by atoms with Crippen molar-refractivity contribution < 1.29 is 13.9 Å². The quantitative estimate of drug-likeness (QED) is 0.599. The van der Waals surface area contributed by atoms with E-state index in [0.717, 1.165) is 0 Å². The molecule has 1 aromatic rings. The number of methoxy groups -OCH3 is 1. The van der Waals surface area contributed by atoms with Crippen molar-refractivity contribution in [1.29, 1.82) is 0 Å². The van der Waals surface area contributed by atoms with Gasteiger partial charge in [0.25, 0.3) is 0 Å². The van der Waals surface area contributed by atoms with Crippen LogP contribution in [0.1, 0.15) is 20.8 Å². The summed E-state index contributed by atoms with van der Waals surface area (Å²) in [6.45, 7) is 7.13. The fourth-order valence-electron chi connectivity index (χ4n) is 1.62. The van der Waals surface area contributed by atoms with Crippen LogP contribution in [0, 0.1) is 5.82 Å². The Hall–Kier alpha value is -1.82. The van der Waals surface area contributed by atoms with Gasteiger partial charge in [-0.15, -0.1) is 0 Å². The van der Waals surface area contributed by atoms with E-state index in [1.165, 1.54) is 12.1 Å². The first kappa shape index (κ1) is 18.2. The Labute approximate surface area is 131 Å². The molecule has 0 bridgehead atoms. The highest BCUT2D eigenvalue weighted by atomic mass is 19.1. The maximum absolute atomic E-state index is 12.8. The number of ether oxygens (including phenoxy) is 2. The van der Waals surface area contributed by atoms with Gasteiger partial charge in [-0.25, -0.2) is 4.39 Å². The van der Waals surface area contributed by atoms with Crippen LogP contribution in [-0.2, 0) is 4.74 Å². The molecule has 0 amide bonds. The minimum absolute atomic E-state index is 0.0838. The van der Waals surface area contributed by atoms with Crippen LogP contribution in [0.3, 0.4) is 0 Å². The van der Waals surface area contributed by atoms with Gasteiger partial charge in [0.05, 0.1) is 12.1 Å². The van der Waals surface area contributed by atoms with E-state index in [1.807, 2.05) is 20.8 Å². The van der Waals surface area contributed by atoms with Crippen molar-refractivity contribution in [2.75, 3.05) is 27.2 Å². The highest BCUT2D eigenvalue weighted by Crippen LogP contribution is 2.12. The summed E-state index contributed by atoms with van der Waals surface area (Å²) >= 11 is 0. The molecule has 0 aromatic heterocycles. The van der Waals surface area contributed by atoms with Gasteiger partial charge in [0.2, 0.25) is 0 Å². The van der Waals surface area contributed by atoms with E-state index in [1.54, 1.807) is 26.3 Å². The molecule has 124 valence electrons. The Balaban J connectivity index is 2.38. The third kappa shape index (κ3) is 6.76. The smallest absolute Gasteiger partial charge is 0.191 e. The van der Waals surface area contributed by atoms with Gasteiger partial charge < -0.3 is 20.1 Å². The number of nitrogens with zero attached hydrogens (tertiary/aromatic N) is 1. The summed E-state index contributed by atoms with van der Waals surface area (Å²) in [5, 5.41) is 6.38. The topological polar surface area (TPSA) is 54.9 Å². The molecule has 22 heavy (non-hydrogen) atoms. The van der Waals surface area contributed by atoms with Crippen molar-refractivity contribution in [3.8, 4) is 5.75 Å². The number of halogens is 1. The molecule has 1 atom stereocenters. The van der Waals surface area contributed by atoms with E-state index in [4.69, 9.17) is 9.47 Å². The normalized spacial score (nSPS) is 13.6. The Morgan fingerprint density at radius 2 is 1.91 bits per heavy atom. The average Bonchev–Trinajstić information content (AvgIpc) is 2.50. The van der Waals surface area contributed by atoms with Crippen LogP contribution >= 0.6 is 0 Å². The highest BCUT2D eigenvalue weighted by molar-refractivity contribution is 5.79. The van der Waals surface area contributed by atoms with Crippen molar-refractivity contribution in [3.63, 3.8) is 0 Å². The lowest BCUT2D eigenvalue weighted by Gasteiger charge is -2.25. The fraction of sp³-hybridized carbons (Fsp3) is 0.562. The Kier molecular flexibility index (Phi) is 7.11. The summed E-state index contributed by atoms with van der Waals surface area (Å²) in [6.07, 6.45) is -0.0838. The first-order valence-corrected chi connectivity index (χ1v) is 7.28. The van der Waals surface area contributed by atoms with Gasteiger partial charge in [0.15, 0.2) is 5.96 Å². The Bertz CT molecular complexity index is 475. The second-order valence-corrected chi connectivity index (χ2v) is 5.65. The third-order valence-electron chi connectivity index (χ3n) is 3.17. The maximum Gasteiger partial charge on any atom is 0.191 e. The molecule has 0 fully saturated rings. The summed E-state index contributed by atoms with van der Waals surface area (Å²) in [4.78, 5) is 4.15. The predicted octanol–water partition coefficient (Wildman–Crippen LogP) is 2.18. The van der Waals surface area contributed by atoms with E-state index in [9.17, 15) is 4.39 Å². The predicted molar refractivity (Wildman–Crippen MR) is 86.9 cm³/mol. The molecule has 1 aromatic carbocycles. The monoisotopic (exact) mass is 311 g/mol. The van der Waals surface area contributed by atoms with E-state index < -0.39 is 0 Å². The van der Waals surface area contributed by atoms with Crippen LogP contribution in [0.25, 0.3) is 0 Å². The molecule has 0 radical (unpaired) electrons. The Morgan fingerprint density at radius 3 is 2.45 bits per heavy atom. The molecule has 0 heterocycles. The van der Waals surface area contributed by atoms with Crippen molar-refractivity contribution in [2.45, 2.75) is 32.5 Å². The second kappa shape index (κ2) is 8.58. The molecule has 2 N–H and O–H groups in total. The number of hydrogen-bond donors (Lipinski definition) is 2. The molecule has 0 saturated heterocycles. The molecule has 1 unspecified atom stereocenters. The van der Waals surface area contributed by atoms with E-state index in [0.29, 0.717) is 24.8 Å². The second-order valence-electron chi connectivity index (χ2n) is 5.65. The van der Waals surface area contributed by atoms with Gasteiger partial charge in [-0.2, -0.15) is 0 Å². The zero-order chi connectivity index (χ0) is 16.6. The largest absolute Gasteiger partial charge is 0.489 e. The van der Waals surface area contributed by atoms with Gasteiger partial charge in [-0.3, -0.25) is 4.99 Å². The molecular weight excluding hydrogens is 285 g/mol. The SMILES string of the molecule is CN=C(NCC(C)Oc1ccc(F)cc1)NCC(C)(C)OC. The summed E-state index contributed by atoms with van der Waals surface area (Å²) in [5.74, 6) is 1.04. The first-order valence-electron chi connectivity index (χ1n) is 7.28. The number of rotatable bonds is 7. The lowest BCUT2D eigenvalue weighted by atomic mass is 10.1. The third-order valence-corrected chi connectivity index (χ3v) is 3.17. The van der Waals surface area contributed by atoms with Crippen LogP contribution in [-0.4, -0.2) is 44.9 Å². The van der Waals surface area contributed by atoms with Gasteiger partial charge in [-0.1, -0.05) is 0 Å². The van der Waals surface area contributed by atoms with Crippen molar-refractivity contribution in [3.05, 3.63) is 30.1 Å². The van der Waals surface area contributed by atoms with Crippen molar-refractivity contribution in [1.82, 2.24) is 10.6 Å². The zero-order valence-electron chi connectivity index (χ0n) is 13.9. The van der Waals surface area contributed by atoms with E-state index in [2.05, 4.69) is 15.6 Å². The average molecular weight is 311 g/mol. The van der Waals surface area contributed by atoms with Crippen LogP contribution in [0.4, 0.5) is 4.39 Å². The zero-order valence-corrected chi connectivity index (χ0v) is 13.9. The minimum Gasteiger partial charge on any atom is -0.489 e. The first-order chi connectivity index (χ1) is 10.4. The van der Waals surface area contributed by atoms with Crippen LogP contribution in [0.15, 0.2) is 29.3 Å². The lowest BCUT2D eigenvalue weighted by Crippen LogP contribution is -2.47. The number of aliphatic imine (C=N–C) groups is 1. The standard InChI is InChI=1S/C16H26FN3O2/c1-12(22-14-8-6-13(17)7-9-14)10-19-15(18-4)20-11-16(2,3)21-5/h6-9,12H,10-11H2,1-5H3,(H2,18,19,20). The van der Waals surface area contributed by atoms with Crippen LogP contribution in [0.5, 0.6) is 5.75 Å². The van der Waals surface area contributed by atoms with Crippen molar-refractivity contribution >= 4 is 5.96 Å². The number of benzene rings is 1. The van der Waals surface area contributed by atoms with Crippen LogP contribution in [0.2, 0.25) is 0 Å². The van der Waals surface area contributed by atoms with E-state index in [-0.39, 0.29) is 17.5 Å². The fourth-order valence-corrected chi connectivity index (χ4v) is 1.62. The number of nitrogens with one attached hydrogen (secondary N) is 2. The highest BCUT2D eigenvalue weighted by Gasteiger charge is 2.16. The van der Waals surface area contributed by atoms with Gasteiger partial charge in [0.1, 0.15) is 17.7 Å². The molecule has 0 saturated carbocycles. The molecule has 5 nitrogen and oxygen atoms in total. The van der Waals surface area contributed by atoms with Gasteiger partial charge >= 0.3 is 0 Å². The summed E-state index contributed by atoms with van der Waals surface area (Å²) in [6, 6.07) is 5.98. The summed E-state index contributed by atoms with van der Waals surface area (Å²) in [7, 11) is 3.39. The molecule has 0 aliphatic heterocycles. The Morgan fingerprint density at radius 1 is 1.27 bits per heavy atom. The molecule has 0 spiro atoms. The van der Waals surface area contributed by atoms with Gasteiger partial charge in [0, 0.05) is 20.7 Å². The lowest BCUT2D eigenvalue weighted by molar-refractivity contribution is 0.0268. The van der Waals surface area contributed by atoms with Crippen molar-refractivity contribution in [2.24, 2.45) is 4.99 Å². The van der Waals surface area contributed by atoms with Gasteiger partial charge in [-0.05, 0) is 45.0 Å². The minimum atomic E-state index is -0.275. The molecule has 0 aliphatic carbocycles. The molecule has 1 rings (SSSR count). The maximum atomic E-state index is 12.8. The molecule has 6 heteroatoms. The number of guanidine groups is 1. The summed E-state index contributed by atoms with van der Waals surface area (Å²) < 4.78 is 23.9. The van der Waals surface area contributed by atoms with E-state index >= 15 is 0 Å². The summed E-state index contributed by atoms with van der Waals surface area (Å²) in [5.41, 5.74) is -0.270. The molecular formula is C16H26FN3O2. The number of hydrogen-bond acceptors (Lipinski definition) is 3. The van der Waals surface area contributed by atoms with Crippen LogP contribution < -0.4 is 15.4 Å². The molecule has 0 aliphatic rings.